The molecule has 0 radical (unpaired) electrons. The molecule has 3 heterocycles. The molecule has 34 heavy (non-hydrogen) atoms. The predicted octanol–water partition coefficient (Wildman–Crippen LogP) is 4.40. The molecule has 2 aromatic carbocycles. The molecule has 176 valence electrons. The van der Waals surface area contributed by atoms with Crippen LogP contribution < -0.4 is 5.32 Å². The van der Waals surface area contributed by atoms with E-state index in [2.05, 4.69) is 39.6 Å². The van der Waals surface area contributed by atoms with Crippen molar-refractivity contribution in [1.29, 1.82) is 0 Å². The Morgan fingerprint density at radius 2 is 1.97 bits per heavy atom. The highest BCUT2D eigenvalue weighted by Gasteiger charge is 2.27. The van der Waals surface area contributed by atoms with Crippen molar-refractivity contribution >= 4 is 33.9 Å². The molecule has 2 amide bonds. The number of benzene rings is 2. The second-order valence-electron chi connectivity index (χ2n) is 9.02. The van der Waals surface area contributed by atoms with Gasteiger partial charge in [-0.1, -0.05) is 18.2 Å². The third-order valence-corrected chi connectivity index (χ3v) is 6.85. The number of rotatable bonds is 4. The first-order valence-corrected chi connectivity index (χ1v) is 11.7. The molecule has 1 aliphatic heterocycles. The van der Waals surface area contributed by atoms with Gasteiger partial charge in [0, 0.05) is 49.2 Å². The first-order chi connectivity index (χ1) is 16.4. The topological polar surface area (TPSA) is 92.4 Å². The van der Waals surface area contributed by atoms with Crippen molar-refractivity contribution in [2.24, 2.45) is 7.05 Å². The third kappa shape index (κ3) is 3.69. The molecule has 5 rings (SSSR count). The summed E-state index contributed by atoms with van der Waals surface area (Å²) in [6.45, 7) is 5.91. The van der Waals surface area contributed by atoms with E-state index in [9.17, 15) is 9.59 Å². The second-order valence-corrected chi connectivity index (χ2v) is 9.02. The Hall–Kier alpha value is -3.81. The highest BCUT2D eigenvalue weighted by molar-refractivity contribution is 6.00. The molecule has 1 saturated heterocycles. The van der Waals surface area contributed by atoms with Crippen LogP contribution in [-0.2, 0) is 13.6 Å². The Morgan fingerprint density at radius 3 is 2.74 bits per heavy atom. The number of nitrogens with zero attached hydrogens (tertiary/aromatic N) is 4. The van der Waals surface area contributed by atoms with Gasteiger partial charge in [0.1, 0.15) is 0 Å². The maximum absolute atomic E-state index is 13.4. The average Bonchev–Trinajstić information content (AvgIpc) is 3.35. The van der Waals surface area contributed by atoms with E-state index >= 15 is 0 Å². The Balaban J connectivity index is 1.53. The maximum Gasteiger partial charge on any atom is 0.404 e. The van der Waals surface area contributed by atoms with Crippen molar-refractivity contribution in [2.75, 3.05) is 13.1 Å². The summed E-state index contributed by atoms with van der Waals surface area (Å²) in [6.07, 6.45) is 0.457. The first-order valence-electron chi connectivity index (χ1n) is 11.7. The van der Waals surface area contributed by atoms with Crippen LogP contribution in [0.15, 0.2) is 42.5 Å². The number of carbonyl (C=O) groups excluding carboxylic acids is 1. The average molecular weight is 460 g/mol. The Labute approximate surface area is 197 Å². The number of aromatic nitrogens is 3. The lowest BCUT2D eigenvalue weighted by Crippen LogP contribution is -2.49. The van der Waals surface area contributed by atoms with Crippen molar-refractivity contribution < 1.29 is 14.7 Å². The number of nitrogens with one attached hydrogen (secondary N) is 1. The van der Waals surface area contributed by atoms with Crippen LogP contribution in [-0.4, -0.2) is 55.3 Å². The summed E-state index contributed by atoms with van der Waals surface area (Å²) < 4.78 is 4.35. The lowest BCUT2D eigenvalue weighted by atomic mass is 10.0. The number of para-hydroxylation sites is 1. The van der Waals surface area contributed by atoms with Crippen molar-refractivity contribution in [3.05, 3.63) is 53.6 Å². The molecule has 0 bridgehead atoms. The lowest BCUT2D eigenvalue weighted by Gasteiger charge is -2.33. The number of hydrogen-bond acceptors (Lipinski definition) is 3. The summed E-state index contributed by atoms with van der Waals surface area (Å²) in [5.74, 6) is 0.784. The van der Waals surface area contributed by atoms with Crippen LogP contribution >= 0.6 is 0 Å². The predicted molar refractivity (Wildman–Crippen MR) is 132 cm³/mol. The molecule has 8 heteroatoms. The molecule has 0 spiro atoms. The van der Waals surface area contributed by atoms with Crippen LogP contribution in [0, 0.1) is 6.92 Å². The molecule has 1 fully saturated rings. The Kier molecular flexibility index (Phi) is 5.51. The van der Waals surface area contributed by atoms with Gasteiger partial charge in [-0.05, 0) is 56.5 Å². The second kappa shape index (κ2) is 8.52. The minimum absolute atomic E-state index is 0.0776. The zero-order chi connectivity index (χ0) is 24.0. The minimum Gasteiger partial charge on any atom is -0.465 e. The Bertz CT molecular complexity index is 1420. The zero-order valence-corrected chi connectivity index (χ0v) is 19.7. The van der Waals surface area contributed by atoms with Crippen LogP contribution in [0.25, 0.3) is 33.5 Å². The van der Waals surface area contributed by atoms with Gasteiger partial charge >= 0.3 is 6.09 Å². The largest absolute Gasteiger partial charge is 0.465 e. The number of piperidine rings is 1. The zero-order valence-electron chi connectivity index (χ0n) is 19.7. The SMILES string of the molecule is CCn1c(-c2nc3cc(C(=O)N4CCC[C@@H](NC(=O)O)C4)c(C)cc3n2C)cc2ccccc21. The molecule has 2 N–H and O–H groups in total. The van der Waals surface area contributed by atoms with E-state index < -0.39 is 6.09 Å². The first kappa shape index (κ1) is 22.0. The van der Waals surface area contributed by atoms with Crippen LogP contribution in [0.4, 0.5) is 4.79 Å². The van der Waals surface area contributed by atoms with Gasteiger partial charge in [-0.3, -0.25) is 4.79 Å². The van der Waals surface area contributed by atoms with Gasteiger partial charge in [0.15, 0.2) is 5.82 Å². The quantitative estimate of drug-likeness (QED) is 0.473. The molecule has 0 saturated carbocycles. The summed E-state index contributed by atoms with van der Waals surface area (Å²) >= 11 is 0. The van der Waals surface area contributed by atoms with Gasteiger partial charge in [0.05, 0.1) is 16.7 Å². The number of carbonyl (C=O) groups is 2. The van der Waals surface area contributed by atoms with E-state index in [1.54, 1.807) is 4.90 Å². The van der Waals surface area contributed by atoms with E-state index in [-0.39, 0.29) is 11.9 Å². The number of carboxylic acid groups (broad SMARTS) is 1. The number of likely N-dealkylation sites (tertiary alicyclic amines) is 1. The van der Waals surface area contributed by atoms with Crippen LogP contribution in [0.2, 0.25) is 0 Å². The Morgan fingerprint density at radius 1 is 1.18 bits per heavy atom. The van der Waals surface area contributed by atoms with Gasteiger partial charge in [-0.2, -0.15) is 0 Å². The van der Waals surface area contributed by atoms with E-state index in [1.165, 1.54) is 10.9 Å². The summed E-state index contributed by atoms with van der Waals surface area (Å²) in [6, 6.07) is 14.2. The smallest absolute Gasteiger partial charge is 0.404 e. The minimum atomic E-state index is -1.05. The number of fused-ring (bicyclic) bond motifs is 2. The van der Waals surface area contributed by atoms with E-state index in [0.717, 1.165) is 47.5 Å². The van der Waals surface area contributed by atoms with Crippen molar-refractivity contribution in [3.63, 3.8) is 0 Å². The molecule has 2 aromatic heterocycles. The van der Waals surface area contributed by atoms with E-state index in [1.807, 2.05) is 38.2 Å². The van der Waals surface area contributed by atoms with Crippen LogP contribution in [0.5, 0.6) is 0 Å². The lowest BCUT2D eigenvalue weighted by molar-refractivity contribution is 0.0691. The maximum atomic E-state index is 13.4. The number of imidazole rings is 1. The van der Waals surface area contributed by atoms with E-state index in [4.69, 9.17) is 10.1 Å². The van der Waals surface area contributed by atoms with Crippen LogP contribution in [0.1, 0.15) is 35.7 Å². The van der Waals surface area contributed by atoms with Gasteiger partial charge in [-0.25, -0.2) is 9.78 Å². The van der Waals surface area contributed by atoms with Crippen molar-refractivity contribution in [2.45, 2.75) is 39.3 Å². The van der Waals surface area contributed by atoms with Crippen molar-refractivity contribution in [1.82, 2.24) is 24.3 Å². The summed E-state index contributed by atoms with van der Waals surface area (Å²) in [5, 5.41) is 12.7. The fourth-order valence-electron chi connectivity index (χ4n) is 5.16. The molecule has 0 unspecified atom stereocenters. The van der Waals surface area contributed by atoms with Gasteiger partial charge in [-0.15, -0.1) is 0 Å². The normalized spacial score (nSPS) is 16.3. The number of aryl methyl sites for hydroxylation is 3. The number of hydrogen-bond donors (Lipinski definition) is 2. The highest BCUT2D eigenvalue weighted by atomic mass is 16.4. The molecule has 4 aromatic rings. The van der Waals surface area contributed by atoms with Crippen LogP contribution in [0.3, 0.4) is 0 Å². The summed E-state index contributed by atoms with van der Waals surface area (Å²) in [4.78, 5) is 31.1. The third-order valence-electron chi connectivity index (χ3n) is 6.85. The monoisotopic (exact) mass is 459 g/mol. The van der Waals surface area contributed by atoms with Gasteiger partial charge in [0.25, 0.3) is 5.91 Å². The van der Waals surface area contributed by atoms with Gasteiger partial charge in [0.2, 0.25) is 0 Å². The molecule has 1 atom stereocenters. The van der Waals surface area contributed by atoms with Gasteiger partial charge < -0.3 is 24.5 Å². The molecule has 8 nitrogen and oxygen atoms in total. The molecule has 0 aliphatic carbocycles. The fourth-order valence-corrected chi connectivity index (χ4v) is 5.16. The standard InChI is InChI=1S/C26H29N5O3/c1-4-31-21-10-6-5-8-17(21)13-23(31)24-28-20-14-19(16(2)12-22(20)29(24)3)25(32)30-11-7-9-18(15-30)27-26(33)34/h5-6,8,10,12-14,18,27H,4,7,9,11,15H2,1-3H3,(H,33,34)/t18-/m1/s1. The van der Waals surface area contributed by atoms with Crippen molar-refractivity contribution in [3.8, 4) is 11.5 Å². The van der Waals surface area contributed by atoms with E-state index in [0.29, 0.717) is 18.7 Å². The molecule has 1 aliphatic rings. The molecular weight excluding hydrogens is 430 g/mol. The highest BCUT2D eigenvalue weighted by Crippen LogP contribution is 2.31. The summed E-state index contributed by atoms with van der Waals surface area (Å²) in [5.41, 5.74) is 5.47. The fraction of sp³-hybridized carbons (Fsp3) is 0.346. The number of amides is 2. The molecular formula is C26H29N5O3. The summed E-state index contributed by atoms with van der Waals surface area (Å²) in [7, 11) is 2.01.